The predicted octanol–water partition coefficient (Wildman–Crippen LogP) is 0.193. The first-order valence-corrected chi connectivity index (χ1v) is 5.48. The molecule has 0 fully saturated rings. The molecule has 74 valence electrons. The monoisotopic (exact) mass is 195 g/mol. The third kappa shape index (κ3) is 3.65. The first-order valence-electron chi connectivity index (χ1n) is 3.72. The first-order chi connectivity index (χ1) is 5.42. The highest BCUT2D eigenvalue weighted by Crippen LogP contribution is 2.46. The van der Waals surface area contributed by atoms with E-state index in [1.165, 1.54) is 4.67 Å². The Labute approximate surface area is 73.9 Å². The molecule has 0 aromatic rings. The molecule has 0 heterocycles. The minimum atomic E-state index is -2.76. The molecule has 0 rings (SSSR count). The Hall–Kier alpha value is 0.0700. The fraction of sp³-hybridized carbons (Fsp3) is 1.00. The van der Waals surface area contributed by atoms with Crippen LogP contribution < -0.4 is 5.90 Å². The van der Waals surface area contributed by atoms with E-state index >= 15 is 0 Å². The molecule has 0 aliphatic rings. The van der Waals surface area contributed by atoms with Crippen LogP contribution in [0.4, 0.5) is 0 Å². The number of nitrogens with two attached hydrogens (primary N) is 1. The van der Waals surface area contributed by atoms with Gasteiger partial charge in [-0.3, -0.25) is 4.57 Å². The van der Waals surface area contributed by atoms with E-state index in [1.807, 2.05) is 19.0 Å². The van der Waals surface area contributed by atoms with Gasteiger partial charge in [0.05, 0.1) is 6.16 Å². The molecule has 0 amide bonds. The Kier molecular flexibility index (Phi) is 4.97. The maximum Gasteiger partial charge on any atom is 0.289 e. The minimum Gasteiger partial charge on any atom is -0.309 e. The standard InChI is InChI=1S/C6H18N3O2P/c1-8(2)5-6-12(10,11-7)9(3)4/h5-7H2,1-4H3. The highest BCUT2D eigenvalue weighted by molar-refractivity contribution is 7.56. The van der Waals surface area contributed by atoms with E-state index in [9.17, 15) is 4.57 Å². The van der Waals surface area contributed by atoms with Crippen LogP contribution in [0.1, 0.15) is 0 Å². The van der Waals surface area contributed by atoms with Gasteiger partial charge in [-0.25, -0.2) is 15.2 Å². The smallest absolute Gasteiger partial charge is 0.289 e. The van der Waals surface area contributed by atoms with E-state index in [1.54, 1.807) is 14.1 Å². The summed E-state index contributed by atoms with van der Waals surface area (Å²) in [7, 11) is 4.47. The van der Waals surface area contributed by atoms with Crippen molar-refractivity contribution in [3.63, 3.8) is 0 Å². The Balaban J connectivity index is 4.07. The third-order valence-electron chi connectivity index (χ3n) is 1.60. The SMILES string of the molecule is CN(C)CCP(=O)(ON)N(C)C. The maximum absolute atomic E-state index is 11.7. The second kappa shape index (κ2) is 4.94. The van der Waals surface area contributed by atoms with E-state index in [0.717, 1.165) is 0 Å². The molecule has 6 heteroatoms. The number of nitrogens with zero attached hydrogens (tertiary/aromatic N) is 2. The van der Waals surface area contributed by atoms with Crippen molar-refractivity contribution in [1.82, 2.24) is 9.57 Å². The highest BCUT2D eigenvalue weighted by Gasteiger charge is 2.24. The van der Waals surface area contributed by atoms with Gasteiger partial charge in [0.25, 0.3) is 7.52 Å². The van der Waals surface area contributed by atoms with Gasteiger partial charge in [-0.2, -0.15) is 0 Å². The van der Waals surface area contributed by atoms with Crippen molar-refractivity contribution >= 4 is 7.52 Å². The molecular weight excluding hydrogens is 177 g/mol. The zero-order chi connectivity index (χ0) is 9.78. The lowest BCUT2D eigenvalue weighted by atomic mass is 10.7. The fourth-order valence-corrected chi connectivity index (χ4v) is 2.02. The van der Waals surface area contributed by atoms with Crippen LogP contribution in [-0.2, 0) is 9.19 Å². The molecule has 0 aliphatic carbocycles. The van der Waals surface area contributed by atoms with Gasteiger partial charge >= 0.3 is 0 Å². The Morgan fingerprint density at radius 1 is 1.33 bits per heavy atom. The van der Waals surface area contributed by atoms with E-state index in [0.29, 0.717) is 12.7 Å². The summed E-state index contributed by atoms with van der Waals surface area (Å²) in [6.07, 6.45) is 0.448. The van der Waals surface area contributed by atoms with Gasteiger partial charge in [0.15, 0.2) is 0 Å². The molecule has 0 saturated carbocycles. The maximum atomic E-state index is 11.7. The largest absolute Gasteiger partial charge is 0.309 e. The molecule has 0 spiro atoms. The molecule has 0 saturated heterocycles. The molecule has 1 unspecified atom stereocenters. The molecule has 5 nitrogen and oxygen atoms in total. The topological polar surface area (TPSA) is 58.8 Å². The van der Waals surface area contributed by atoms with Crippen molar-refractivity contribution in [3.05, 3.63) is 0 Å². The van der Waals surface area contributed by atoms with Crippen molar-refractivity contribution in [3.8, 4) is 0 Å². The lowest BCUT2D eigenvalue weighted by Gasteiger charge is -2.23. The molecular formula is C6H18N3O2P. The third-order valence-corrected chi connectivity index (χ3v) is 3.92. The molecule has 0 bridgehead atoms. The molecule has 0 aliphatic heterocycles. The second-order valence-corrected chi connectivity index (χ2v) is 5.85. The summed E-state index contributed by atoms with van der Waals surface area (Å²) in [4.78, 5) is 1.94. The lowest BCUT2D eigenvalue weighted by molar-refractivity contribution is 0.286. The average Bonchev–Trinajstić information content (AvgIpc) is 1.99. The Morgan fingerprint density at radius 2 is 1.83 bits per heavy atom. The van der Waals surface area contributed by atoms with Gasteiger partial charge in [-0.05, 0) is 28.2 Å². The normalized spacial score (nSPS) is 16.9. The van der Waals surface area contributed by atoms with Crippen molar-refractivity contribution < 1.29 is 9.19 Å². The van der Waals surface area contributed by atoms with Gasteiger partial charge in [0.1, 0.15) is 0 Å². The van der Waals surface area contributed by atoms with Gasteiger partial charge < -0.3 is 4.90 Å². The van der Waals surface area contributed by atoms with Crippen LogP contribution in [0.2, 0.25) is 0 Å². The molecule has 12 heavy (non-hydrogen) atoms. The number of hydrogen-bond donors (Lipinski definition) is 1. The molecule has 2 N–H and O–H groups in total. The summed E-state index contributed by atoms with van der Waals surface area (Å²) in [6, 6.07) is 0. The van der Waals surface area contributed by atoms with Crippen LogP contribution in [0.25, 0.3) is 0 Å². The molecule has 0 aromatic heterocycles. The van der Waals surface area contributed by atoms with Crippen LogP contribution in [0.15, 0.2) is 0 Å². The van der Waals surface area contributed by atoms with E-state index < -0.39 is 7.52 Å². The average molecular weight is 195 g/mol. The van der Waals surface area contributed by atoms with Crippen LogP contribution in [0.3, 0.4) is 0 Å². The summed E-state index contributed by atoms with van der Waals surface area (Å²) in [5.41, 5.74) is 0. The summed E-state index contributed by atoms with van der Waals surface area (Å²) >= 11 is 0. The first kappa shape index (κ1) is 12.1. The predicted molar refractivity (Wildman–Crippen MR) is 50.0 cm³/mol. The van der Waals surface area contributed by atoms with Gasteiger partial charge in [-0.1, -0.05) is 0 Å². The molecule has 0 aromatic carbocycles. The highest BCUT2D eigenvalue weighted by atomic mass is 31.2. The summed E-state index contributed by atoms with van der Waals surface area (Å²) < 4.78 is 17.8. The van der Waals surface area contributed by atoms with E-state index in [4.69, 9.17) is 5.90 Å². The zero-order valence-corrected chi connectivity index (χ0v) is 9.04. The minimum absolute atomic E-state index is 0.448. The number of hydrogen-bond acceptors (Lipinski definition) is 4. The zero-order valence-electron chi connectivity index (χ0n) is 8.15. The molecule has 0 radical (unpaired) electrons. The summed E-state index contributed by atoms with van der Waals surface area (Å²) in [5.74, 6) is 4.97. The fourth-order valence-electron chi connectivity index (χ4n) is 0.673. The lowest BCUT2D eigenvalue weighted by Crippen LogP contribution is -2.23. The van der Waals surface area contributed by atoms with E-state index in [2.05, 4.69) is 4.62 Å². The van der Waals surface area contributed by atoms with E-state index in [-0.39, 0.29) is 0 Å². The van der Waals surface area contributed by atoms with Crippen molar-refractivity contribution in [2.75, 3.05) is 40.9 Å². The quantitative estimate of drug-likeness (QED) is 0.501. The Bertz CT molecular complexity index is 172. The van der Waals surface area contributed by atoms with Crippen LogP contribution in [0.5, 0.6) is 0 Å². The van der Waals surface area contributed by atoms with Gasteiger partial charge in [0, 0.05) is 6.54 Å². The summed E-state index contributed by atoms with van der Waals surface area (Å²) in [5, 5.41) is 0. The van der Waals surface area contributed by atoms with Crippen molar-refractivity contribution in [2.24, 2.45) is 5.90 Å². The van der Waals surface area contributed by atoms with Gasteiger partial charge in [-0.15, -0.1) is 0 Å². The van der Waals surface area contributed by atoms with Crippen LogP contribution in [-0.4, -0.2) is 50.5 Å². The number of rotatable bonds is 5. The summed E-state index contributed by atoms with van der Waals surface area (Å²) in [6.45, 7) is 0.701. The second-order valence-electron chi connectivity index (χ2n) is 3.12. The van der Waals surface area contributed by atoms with Crippen molar-refractivity contribution in [2.45, 2.75) is 0 Å². The molecule has 1 atom stereocenters. The van der Waals surface area contributed by atoms with Crippen molar-refractivity contribution in [1.29, 1.82) is 0 Å². The van der Waals surface area contributed by atoms with Gasteiger partial charge in [0.2, 0.25) is 0 Å². The van der Waals surface area contributed by atoms with Crippen LogP contribution >= 0.6 is 7.52 Å². The van der Waals surface area contributed by atoms with Crippen LogP contribution in [0, 0.1) is 0 Å². The Morgan fingerprint density at radius 3 is 2.08 bits per heavy atom.